The van der Waals surface area contributed by atoms with Crippen molar-refractivity contribution in [1.29, 1.82) is 0 Å². The van der Waals surface area contributed by atoms with Gasteiger partial charge in [-0.05, 0) is 53.2 Å². The summed E-state index contributed by atoms with van der Waals surface area (Å²) in [6, 6.07) is 11.7. The van der Waals surface area contributed by atoms with Crippen molar-refractivity contribution in [3.05, 3.63) is 56.5 Å². The summed E-state index contributed by atoms with van der Waals surface area (Å²) in [6.45, 7) is 2.05. The van der Waals surface area contributed by atoms with E-state index in [0.29, 0.717) is 16.8 Å². The molecule has 0 aliphatic carbocycles. The summed E-state index contributed by atoms with van der Waals surface area (Å²) in [5.41, 5.74) is 0.840. The molecule has 0 N–H and O–H groups in total. The van der Waals surface area contributed by atoms with Crippen LogP contribution in [0, 0.1) is 6.92 Å². The largest absolute Gasteiger partial charge is 0.415 e. The average molecular weight is 382 g/mol. The van der Waals surface area contributed by atoms with E-state index in [-0.39, 0.29) is 0 Å². The van der Waals surface area contributed by atoms with Gasteiger partial charge in [0, 0.05) is 14.2 Å². The molecule has 0 saturated heterocycles. The predicted octanol–water partition coefficient (Wildman–Crippen LogP) is 5.61. The van der Waals surface area contributed by atoms with E-state index >= 15 is 0 Å². The molecule has 21 heavy (non-hydrogen) atoms. The Hall–Kier alpha value is -1.43. The van der Waals surface area contributed by atoms with Crippen molar-refractivity contribution in [1.82, 2.24) is 10.2 Å². The van der Waals surface area contributed by atoms with Crippen LogP contribution in [0.1, 0.15) is 15.6 Å². The highest BCUT2D eigenvalue weighted by Crippen LogP contribution is 2.30. The zero-order valence-corrected chi connectivity index (χ0v) is 14.2. The molecule has 106 valence electrons. The molecule has 3 nitrogen and oxygen atoms in total. The summed E-state index contributed by atoms with van der Waals surface area (Å²) >= 11 is 11.4. The van der Waals surface area contributed by atoms with Gasteiger partial charge < -0.3 is 4.42 Å². The third-order valence-corrected chi connectivity index (χ3v) is 4.67. The molecule has 0 unspecified atom stereocenters. The number of rotatable bonds is 3. The number of thiophene rings is 1. The van der Waals surface area contributed by atoms with E-state index in [1.54, 1.807) is 11.3 Å². The van der Waals surface area contributed by atoms with Gasteiger partial charge in [-0.3, -0.25) is 0 Å². The highest BCUT2D eigenvalue weighted by Gasteiger charge is 2.13. The Morgan fingerprint density at radius 2 is 2.05 bits per heavy atom. The summed E-state index contributed by atoms with van der Waals surface area (Å²) in [6.07, 6.45) is 1.83. The lowest BCUT2D eigenvalue weighted by atomic mass is 10.2. The van der Waals surface area contributed by atoms with E-state index in [2.05, 4.69) is 26.1 Å². The van der Waals surface area contributed by atoms with Gasteiger partial charge >= 0.3 is 0 Å². The van der Waals surface area contributed by atoms with E-state index in [1.807, 2.05) is 49.4 Å². The van der Waals surface area contributed by atoms with Crippen molar-refractivity contribution in [3.8, 4) is 11.5 Å². The molecule has 1 aromatic carbocycles. The van der Waals surface area contributed by atoms with Gasteiger partial charge in [-0.1, -0.05) is 23.7 Å². The summed E-state index contributed by atoms with van der Waals surface area (Å²) in [7, 11) is 0. The summed E-state index contributed by atoms with van der Waals surface area (Å²) in [5.74, 6) is 0.750. The van der Waals surface area contributed by atoms with E-state index in [0.717, 1.165) is 14.9 Å². The molecule has 3 aromatic rings. The Kier molecular flexibility index (Phi) is 4.24. The summed E-state index contributed by atoms with van der Waals surface area (Å²) < 4.78 is 6.54. The van der Waals surface area contributed by atoms with Gasteiger partial charge in [0.1, 0.15) is 5.03 Å². The van der Waals surface area contributed by atoms with Crippen LogP contribution >= 0.6 is 38.9 Å². The molecule has 0 aliphatic heterocycles. The molecule has 6 heteroatoms. The minimum Gasteiger partial charge on any atom is -0.415 e. The van der Waals surface area contributed by atoms with Gasteiger partial charge in [-0.15, -0.1) is 21.5 Å². The normalized spacial score (nSPS) is 11.9. The van der Waals surface area contributed by atoms with Gasteiger partial charge in [-0.2, -0.15) is 0 Å². The zero-order chi connectivity index (χ0) is 14.8. The molecule has 0 aliphatic rings. The Bertz CT molecular complexity index is 809. The second-order valence-corrected chi connectivity index (χ2v) is 6.91. The third kappa shape index (κ3) is 3.26. The second-order valence-electron chi connectivity index (χ2n) is 4.33. The van der Waals surface area contributed by atoms with Crippen molar-refractivity contribution in [2.75, 3.05) is 0 Å². The first-order chi connectivity index (χ1) is 10.1. The third-order valence-electron chi connectivity index (χ3n) is 2.76. The van der Waals surface area contributed by atoms with Gasteiger partial charge in [-0.25, -0.2) is 0 Å². The zero-order valence-electron chi connectivity index (χ0n) is 11.0. The van der Waals surface area contributed by atoms with Crippen molar-refractivity contribution < 1.29 is 4.42 Å². The van der Waals surface area contributed by atoms with Crippen LogP contribution in [0.25, 0.3) is 22.6 Å². The molecule has 3 rings (SSSR count). The number of halogens is 2. The minimum absolute atomic E-state index is 0.313. The Morgan fingerprint density at radius 3 is 2.76 bits per heavy atom. The first-order valence-electron chi connectivity index (χ1n) is 6.16. The number of aryl methyl sites for hydroxylation is 1. The Balaban J connectivity index is 1.91. The Morgan fingerprint density at radius 1 is 1.24 bits per heavy atom. The topological polar surface area (TPSA) is 38.9 Å². The Labute approximate surface area is 139 Å². The standard InChI is InChI=1S/C15H10BrClN2OS/c1-9-6-7-10(21-9)8-13(17)15-19-18-14(20-15)11-4-2-3-5-12(11)16/h2-8H,1H3/b13-8-. The lowest BCUT2D eigenvalue weighted by molar-refractivity contribution is 0.556. The molecule has 0 atom stereocenters. The monoisotopic (exact) mass is 380 g/mol. The van der Waals surface area contributed by atoms with Gasteiger partial charge in [0.05, 0.1) is 5.56 Å². The van der Waals surface area contributed by atoms with Crippen LogP contribution in [0.15, 0.2) is 45.3 Å². The van der Waals surface area contributed by atoms with Crippen LogP contribution in [0.4, 0.5) is 0 Å². The number of nitrogens with zero attached hydrogens (tertiary/aromatic N) is 2. The van der Waals surface area contributed by atoms with Crippen LogP contribution in [-0.2, 0) is 0 Å². The van der Waals surface area contributed by atoms with E-state index in [1.165, 1.54) is 4.88 Å². The van der Waals surface area contributed by atoms with E-state index < -0.39 is 0 Å². The van der Waals surface area contributed by atoms with Crippen LogP contribution in [0.3, 0.4) is 0 Å². The van der Waals surface area contributed by atoms with E-state index in [4.69, 9.17) is 16.0 Å². The average Bonchev–Trinajstić information content (AvgIpc) is 3.09. The highest BCUT2D eigenvalue weighted by molar-refractivity contribution is 9.10. The molecular formula is C15H10BrClN2OS. The van der Waals surface area contributed by atoms with Crippen LogP contribution in [0.2, 0.25) is 0 Å². The van der Waals surface area contributed by atoms with Gasteiger partial charge in [0.15, 0.2) is 0 Å². The quantitative estimate of drug-likeness (QED) is 0.592. The smallest absolute Gasteiger partial charge is 0.259 e. The molecule has 0 spiro atoms. The summed E-state index contributed by atoms with van der Waals surface area (Å²) in [4.78, 5) is 2.28. The number of aromatic nitrogens is 2. The molecule has 0 bridgehead atoms. The molecule has 0 amide bonds. The van der Waals surface area contributed by atoms with Gasteiger partial charge in [0.25, 0.3) is 5.89 Å². The molecule has 2 heterocycles. The number of hydrogen-bond acceptors (Lipinski definition) is 4. The second kappa shape index (κ2) is 6.13. The molecule has 0 radical (unpaired) electrons. The maximum atomic E-state index is 6.25. The lowest BCUT2D eigenvalue weighted by Gasteiger charge is -1.97. The van der Waals surface area contributed by atoms with Crippen molar-refractivity contribution in [2.24, 2.45) is 0 Å². The molecular weight excluding hydrogens is 372 g/mol. The fourth-order valence-corrected chi connectivity index (χ4v) is 3.31. The number of benzene rings is 1. The van der Waals surface area contributed by atoms with Crippen molar-refractivity contribution in [2.45, 2.75) is 6.92 Å². The van der Waals surface area contributed by atoms with Gasteiger partial charge in [0.2, 0.25) is 5.89 Å². The minimum atomic E-state index is 0.313. The highest BCUT2D eigenvalue weighted by atomic mass is 79.9. The van der Waals surface area contributed by atoms with E-state index in [9.17, 15) is 0 Å². The van der Waals surface area contributed by atoms with Crippen molar-refractivity contribution >= 4 is 50.0 Å². The predicted molar refractivity (Wildman–Crippen MR) is 90.2 cm³/mol. The first-order valence-corrected chi connectivity index (χ1v) is 8.14. The number of hydrogen-bond donors (Lipinski definition) is 0. The fourth-order valence-electron chi connectivity index (χ4n) is 1.78. The lowest BCUT2D eigenvalue weighted by Crippen LogP contribution is -1.78. The summed E-state index contributed by atoms with van der Waals surface area (Å²) in [5, 5.41) is 8.48. The maximum absolute atomic E-state index is 6.25. The molecule has 2 aromatic heterocycles. The fraction of sp³-hybridized carbons (Fsp3) is 0.0667. The molecule has 0 saturated carbocycles. The molecule has 0 fully saturated rings. The maximum Gasteiger partial charge on any atom is 0.259 e. The first kappa shape index (κ1) is 14.5. The van der Waals surface area contributed by atoms with Crippen LogP contribution in [0.5, 0.6) is 0 Å². The van der Waals surface area contributed by atoms with Crippen LogP contribution < -0.4 is 0 Å². The van der Waals surface area contributed by atoms with Crippen molar-refractivity contribution in [3.63, 3.8) is 0 Å². The van der Waals surface area contributed by atoms with Crippen LogP contribution in [-0.4, -0.2) is 10.2 Å². The SMILES string of the molecule is Cc1ccc(/C=C(\Cl)c2nnc(-c3ccccc3Br)o2)s1.